The van der Waals surface area contributed by atoms with Crippen molar-refractivity contribution in [3.8, 4) is 0 Å². The van der Waals surface area contributed by atoms with Crippen LogP contribution in [0.5, 0.6) is 0 Å². The number of carbonyl (C=O) groups is 1. The van der Waals surface area contributed by atoms with Gasteiger partial charge in [0.25, 0.3) is 0 Å². The van der Waals surface area contributed by atoms with E-state index in [4.69, 9.17) is 0 Å². The van der Waals surface area contributed by atoms with Crippen molar-refractivity contribution < 1.29 is 4.79 Å². The van der Waals surface area contributed by atoms with Crippen molar-refractivity contribution in [2.45, 2.75) is 26.7 Å². The molecule has 0 radical (unpaired) electrons. The Labute approximate surface area is 62.4 Å². The lowest BCUT2D eigenvalue weighted by Gasteiger charge is -1.85. The van der Waals surface area contributed by atoms with Crippen LogP contribution in [-0.2, 0) is 4.79 Å². The van der Waals surface area contributed by atoms with Crippen LogP contribution < -0.4 is 0 Å². The van der Waals surface area contributed by atoms with E-state index in [-0.39, 0.29) is 5.78 Å². The number of Topliss-reactive ketones (excluding diaryl/α,β-unsaturated/α-hetero) is 1. The maximum absolute atomic E-state index is 10.4. The lowest BCUT2D eigenvalue weighted by molar-refractivity contribution is -0.116. The first-order valence-electron chi connectivity index (χ1n) is 3.54. The molecule has 10 heavy (non-hydrogen) atoms. The fraction of sp³-hybridized carbons (Fsp3) is 0.444. The molecule has 1 heteroatoms. The molecule has 0 atom stereocenters. The van der Waals surface area contributed by atoms with Crippen LogP contribution in [0.4, 0.5) is 0 Å². The van der Waals surface area contributed by atoms with E-state index in [1.807, 2.05) is 31.2 Å². The minimum absolute atomic E-state index is 0.255. The van der Waals surface area contributed by atoms with E-state index in [1.54, 1.807) is 6.92 Å². The molecule has 0 aliphatic heterocycles. The Hall–Kier alpha value is -0.850. The number of carbonyl (C=O) groups excluding carboxylic acids is 1. The summed E-state index contributed by atoms with van der Waals surface area (Å²) in [5.41, 5.74) is 0. The highest BCUT2D eigenvalue weighted by atomic mass is 16.1. The van der Waals surface area contributed by atoms with Gasteiger partial charge in [0.15, 0.2) is 0 Å². The van der Waals surface area contributed by atoms with Crippen LogP contribution in [0.15, 0.2) is 24.3 Å². The van der Waals surface area contributed by atoms with E-state index < -0.39 is 0 Å². The van der Waals surface area contributed by atoms with Crippen molar-refractivity contribution in [2.75, 3.05) is 0 Å². The van der Waals surface area contributed by atoms with Gasteiger partial charge in [-0.1, -0.05) is 24.3 Å². The molecule has 0 aromatic heterocycles. The molecule has 0 aromatic rings. The monoisotopic (exact) mass is 138 g/mol. The Balaban J connectivity index is 3.27. The van der Waals surface area contributed by atoms with E-state index in [2.05, 4.69) is 0 Å². The van der Waals surface area contributed by atoms with E-state index in [1.165, 1.54) is 0 Å². The number of hydrogen-bond donors (Lipinski definition) is 0. The summed E-state index contributed by atoms with van der Waals surface area (Å²) in [6.07, 6.45) is 9.41. The first-order valence-corrected chi connectivity index (χ1v) is 3.54. The molecule has 0 bridgehead atoms. The normalized spacial score (nSPS) is 11.4. The lowest BCUT2D eigenvalue weighted by atomic mass is 10.2. The molecule has 56 valence electrons. The summed E-state index contributed by atoms with van der Waals surface area (Å²) in [6, 6.07) is 0. The van der Waals surface area contributed by atoms with Gasteiger partial charge in [-0.05, 0) is 20.3 Å². The van der Waals surface area contributed by atoms with Crippen LogP contribution in [0, 0.1) is 0 Å². The number of ketones is 1. The summed E-state index contributed by atoms with van der Waals surface area (Å²) in [4.78, 5) is 10.4. The average molecular weight is 138 g/mol. The van der Waals surface area contributed by atoms with Gasteiger partial charge in [-0.3, -0.25) is 0 Å². The molecule has 0 aliphatic rings. The topological polar surface area (TPSA) is 17.1 Å². The molecule has 0 aliphatic carbocycles. The average Bonchev–Trinajstić information content (AvgIpc) is 1.87. The Morgan fingerprint density at radius 1 is 1.40 bits per heavy atom. The summed E-state index contributed by atoms with van der Waals surface area (Å²) in [5, 5.41) is 0. The molecule has 0 unspecified atom stereocenters. The van der Waals surface area contributed by atoms with Crippen molar-refractivity contribution in [1.82, 2.24) is 0 Å². The zero-order valence-corrected chi connectivity index (χ0v) is 6.63. The predicted molar refractivity (Wildman–Crippen MR) is 43.9 cm³/mol. The first-order chi connectivity index (χ1) is 4.77. The zero-order chi connectivity index (χ0) is 7.82. The van der Waals surface area contributed by atoms with Crippen molar-refractivity contribution in [3.63, 3.8) is 0 Å². The minimum atomic E-state index is 0.255. The fourth-order valence-corrected chi connectivity index (χ4v) is 0.573. The lowest BCUT2D eigenvalue weighted by Crippen LogP contribution is -1.85. The van der Waals surface area contributed by atoms with Gasteiger partial charge in [0.2, 0.25) is 0 Å². The Kier molecular flexibility index (Phi) is 5.74. The molecule has 0 saturated carbocycles. The fourth-order valence-electron chi connectivity index (χ4n) is 0.573. The van der Waals surface area contributed by atoms with Crippen molar-refractivity contribution in [1.29, 1.82) is 0 Å². The summed E-state index contributed by atoms with van der Waals surface area (Å²) >= 11 is 0. The maximum atomic E-state index is 10.4. The van der Waals surface area contributed by atoms with E-state index >= 15 is 0 Å². The summed E-state index contributed by atoms with van der Waals surface area (Å²) in [6.45, 7) is 3.58. The van der Waals surface area contributed by atoms with Crippen molar-refractivity contribution in [2.24, 2.45) is 0 Å². The Morgan fingerprint density at radius 2 is 2.10 bits per heavy atom. The van der Waals surface area contributed by atoms with Crippen molar-refractivity contribution in [3.05, 3.63) is 24.3 Å². The van der Waals surface area contributed by atoms with Crippen LogP contribution in [-0.4, -0.2) is 5.78 Å². The third kappa shape index (κ3) is 7.15. The Morgan fingerprint density at radius 3 is 2.60 bits per heavy atom. The van der Waals surface area contributed by atoms with Gasteiger partial charge >= 0.3 is 0 Å². The molecule has 0 heterocycles. The molecule has 0 rings (SSSR count). The molecular formula is C9H14O. The molecule has 0 aromatic carbocycles. The third-order valence-electron chi connectivity index (χ3n) is 1.10. The molecule has 0 N–H and O–H groups in total. The molecule has 0 saturated heterocycles. The molecular weight excluding hydrogens is 124 g/mol. The Bertz CT molecular complexity index is 143. The van der Waals surface area contributed by atoms with Gasteiger partial charge in [0, 0.05) is 6.42 Å². The summed E-state index contributed by atoms with van der Waals surface area (Å²) in [7, 11) is 0. The van der Waals surface area contributed by atoms with E-state index in [0.717, 1.165) is 6.42 Å². The van der Waals surface area contributed by atoms with Gasteiger partial charge < -0.3 is 4.79 Å². The van der Waals surface area contributed by atoms with Gasteiger partial charge in [-0.2, -0.15) is 0 Å². The van der Waals surface area contributed by atoms with Gasteiger partial charge in [-0.15, -0.1) is 0 Å². The zero-order valence-electron chi connectivity index (χ0n) is 6.63. The van der Waals surface area contributed by atoms with E-state index in [0.29, 0.717) is 6.42 Å². The highest BCUT2D eigenvalue weighted by Gasteiger charge is 1.86. The molecule has 0 fully saturated rings. The number of rotatable bonds is 4. The minimum Gasteiger partial charge on any atom is -0.300 e. The highest BCUT2D eigenvalue weighted by molar-refractivity contribution is 5.75. The summed E-state index contributed by atoms with van der Waals surface area (Å²) < 4.78 is 0. The van der Waals surface area contributed by atoms with Gasteiger partial charge in [-0.25, -0.2) is 0 Å². The molecule has 0 amide bonds. The second-order valence-electron chi connectivity index (χ2n) is 2.19. The highest BCUT2D eigenvalue weighted by Crippen LogP contribution is 1.91. The second-order valence-corrected chi connectivity index (χ2v) is 2.19. The SMILES string of the molecule is C/C=C/C=C\CCC(C)=O. The predicted octanol–water partition coefficient (Wildman–Crippen LogP) is 2.49. The quantitative estimate of drug-likeness (QED) is 0.545. The first kappa shape index (κ1) is 9.15. The smallest absolute Gasteiger partial charge is 0.130 e. The van der Waals surface area contributed by atoms with Crippen LogP contribution in [0.2, 0.25) is 0 Å². The maximum Gasteiger partial charge on any atom is 0.130 e. The standard InChI is InChI=1S/C9H14O/c1-3-4-5-6-7-8-9(2)10/h3-6H,7-8H2,1-2H3/b4-3+,6-5-. The van der Waals surface area contributed by atoms with Crippen LogP contribution >= 0.6 is 0 Å². The number of allylic oxidation sites excluding steroid dienone is 4. The van der Waals surface area contributed by atoms with Crippen LogP contribution in [0.3, 0.4) is 0 Å². The van der Waals surface area contributed by atoms with Gasteiger partial charge in [0.05, 0.1) is 0 Å². The summed E-state index contributed by atoms with van der Waals surface area (Å²) in [5.74, 6) is 0.255. The van der Waals surface area contributed by atoms with Crippen LogP contribution in [0.25, 0.3) is 0 Å². The molecule has 1 nitrogen and oxygen atoms in total. The van der Waals surface area contributed by atoms with Crippen LogP contribution in [0.1, 0.15) is 26.7 Å². The third-order valence-corrected chi connectivity index (χ3v) is 1.10. The second kappa shape index (κ2) is 6.27. The largest absolute Gasteiger partial charge is 0.300 e. The number of hydrogen-bond acceptors (Lipinski definition) is 1. The van der Waals surface area contributed by atoms with E-state index in [9.17, 15) is 4.79 Å². The van der Waals surface area contributed by atoms with Gasteiger partial charge in [0.1, 0.15) is 5.78 Å². The van der Waals surface area contributed by atoms with Crippen molar-refractivity contribution >= 4 is 5.78 Å². The molecule has 0 spiro atoms.